The van der Waals surface area contributed by atoms with Gasteiger partial charge in [0.2, 0.25) is 11.8 Å². The Kier molecular flexibility index (Phi) is 10.6. The number of likely N-dealkylation sites (tertiary alicyclic amines) is 1. The number of carboxylic acid groups (broad SMARTS) is 1. The van der Waals surface area contributed by atoms with Crippen molar-refractivity contribution in [3.63, 3.8) is 0 Å². The first-order valence-electron chi connectivity index (χ1n) is 16.9. The number of hydrogen-bond acceptors (Lipinski definition) is 7. The molecule has 2 fully saturated rings. The largest absolute Gasteiger partial charge is 0.479 e. The highest BCUT2D eigenvalue weighted by atomic mass is 16.6. The number of urea groups is 1. The van der Waals surface area contributed by atoms with E-state index < -0.39 is 77.1 Å². The van der Waals surface area contributed by atoms with Crippen LogP contribution in [0.5, 0.6) is 0 Å². The minimum Gasteiger partial charge on any atom is -0.479 e. The fourth-order valence-corrected chi connectivity index (χ4v) is 6.81. The number of nitrogens with one attached hydrogen (secondary N) is 3. The molecule has 1 saturated carbocycles. The number of carboxylic acids is 1. The third-order valence-electron chi connectivity index (χ3n) is 9.91. The summed E-state index contributed by atoms with van der Waals surface area (Å²) in [7, 11) is 1.60. The number of aliphatic hydroxyl groups excluding tert-OH is 1. The first-order chi connectivity index (χ1) is 23.6. The SMILES string of the molecule is C=C[C@@H]1C[C@]1(NC(=O)[C@@H]1C[C@@H](OC(=O)N(C)CCc2ccccc2)CN1C(=O)NC(C(=O)N[C@H]1c2ccccc2C[C@H]1O)C(C)(C)C)C(=O)O. The second-order valence-corrected chi connectivity index (χ2v) is 14.6. The summed E-state index contributed by atoms with van der Waals surface area (Å²) in [5, 5.41) is 29.0. The minimum atomic E-state index is -1.54. The van der Waals surface area contributed by atoms with Gasteiger partial charge in [0.15, 0.2) is 0 Å². The van der Waals surface area contributed by atoms with Gasteiger partial charge < -0.3 is 40.7 Å². The van der Waals surface area contributed by atoms with E-state index >= 15 is 0 Å². The number of hydrogen-bond donors (Lipinski definition) is 5. The number of aliphatic carboxylic acids is 1. The summed E-state index contributed by atoms with van der Waals surface area (Å²) >= 11 is 0. The normalized spacial score (nSPS) is 25.9. The van der Waals surface area contributed by atoms with Crippen molar-refractivity contribution in [2.45, 2.75) is 82.3 Å². The summed E-state index contributed by atoms with van der Waals surface area (Å²) in [6.45, 7) is 9.20. The van der Waals surface area contributed by atoms with Crippen molar-refractivity contribution in [3.05, 3.63) is 83.9 Å². The van der Waals surface area contributed by atoms with Crippen molar-refractivity contribution in [2.24, 2.45) is 11.3 Å². The van der Waals surface area contributed by atoms with Gasteiger partial charge in [-0.2, -0.15) is 0 Å². The van der Waals surface area contributed by atoms with Crippen LogP contribution in [-0.4, -0.2) is 99.9 Å². The molecule has 13 nitrogen and oxygen atoms in total. The maximum Gasteiger partial charge on any atom is 0.409 e. The number of nitrogens with zero attached hydrogens (tertiary/aromatic N) is 2. The Morgan fingerprint density at radius 2 is 1.78 bits per heavy atom. The molecule has 1 heterocycles. The number of fused-ring (bicyclic) bond motifs is 1. The highest BCUT2D eigenvalue weighted by Gasteiger charge is 2.61. The lowest BCUT2D eigenvalue weighted by atomic mass is 9.86. The van der Waals surface area contributed by atoms with Crippen LogP contribution in [0.3, 0.4) is 0 Å². The van der Waals surface area contributed by atoms with E-state index in [4.69, 9.17) is 4.74 Å². The molecule has 0 bridgehead atoms. The molecule has 1 unspecified atom stereocenters. The van der Waals surface area contributed by atoms with Crippen LogP contribution >= 0.6 is 0 Å². The zero-order valence-corrected chi connectivity index (χ0v) is 28.9. The lowest BCUT2D eigenvalue weighted by Crippen LogP contribution is -2.60. The van der Waals surface area contributed by atoms with Crippen molar-refractivity contribution in [1.29, 1.82) is 0 Å². The van der Waals surface area contributed by atoms with E-state index in [2.05, 4.69) is 22.5 Å². The van der Waals surface area contributed by atoms with Gasteiger partial charge in [0, 0.05) is 32.4 Å². The van der Waals surface area contributed by atoms with Crippen LogP contribution in [0.15, 0.2) is 67.3 Å². The smallest absolute Gasteiger partial charge is 0.409 e. The zero-order valence-electron chi connectivity index (χ0n) is 28.9. The molecule has 2 aromatic rings. The maximum atomic E-state index is 14.0. The van der Waals surface area contributed by atoms with Gasteiger partial charge >= 0.3 is 18.1 Å². The molecular weight excluding hydrogens is 642 g/mol. The topological polar surface area (TPSA) is 178 Å². The Labute approximate surface area is 292 Å². The van der Waals surface area contributed by atoms with Crippen LogP contribution in [0.25, 0.3) is 0 Å². The third kappa shape index (κ3) is 7.77. The van der Waals surface area contributed by atoms with Crippen LogP contribution in [-0.2, 0) is 32.0 Å². The summed E-state index contributed by atoms with van der Waals surface area (Å²) in [5.41, 5.74) is 0.424. The predicted octanol–water partition coefficient (Wildman–Crippen LogP) is 2.78. The second-order valence-electron chi connectivity index (χ2n) is 14.6. The molecule has 5 amide bonds. The number of ether oxygens (including phenoxy) is 1. The molecule has 0 spiro atoms. The molecule has 1 aliphatic heterocycles. The molecule has 13 heteroatoms. The van der Waals surface area contributed by atoms with Gasteiger partial charge in [0.25, 0.3) is 0 Å². The quantitative estimate of drug-likeness (QED) is 0.224. The lowest BCUT2D eigenvalue weighted by Gasteiger charge is -2.34. The average Bonchev–Trinajstić information content (AvgIpc) is 3.49. The molecule has 0 aromatic heterocycles. The molecule has 5 N–H and O–H groups in total. The van der Waals surface area contributed by atoms with E-state index in [1.807, 2.05) is 54.6 Å². The number of benzene rings is 2. The Morgan fingerprint density at radius 3 is 2.42 bits per heavy atom. The molecule has 3 aliphatic rings. The average molecular weight is 690 g/mol. The van der Waals surface area contributed by atoms with Crippen LogP contribution < -0.4 is 16.0 Å². The Hall–Kier alpha value is -4.91. The van der Waals surface area contributed by atoms with E-state index in [0.717, 1.165) is 16.7 Å². The number of rotatable bonds is 11. The predicted molar refractivity (Wildman–Crippen MR) is 184 cm³/mol. The van der Waals surface area contributed by atoms with Crippen molar-refractivity contribution >= 4 is 29.9 Å². The summed E-state index contributed by atoms with van der Waals surface area (Å²) < 4.78 is 5.76. The van der Waals surface area contributed by atoms with Crippen molar-refractivity contribution in [1.82, 2.24) is 25.8 Å². The molecule has 1 saturated heterocycles. The monoisotopic (exact) mass is 689 g/mol. The highest BCUT2D eigenvalue weighted by Crippen LogP contribution is 2.45. The van der Waals surface area contributed by atoms with Gasteiger partial charge in [-0.25, -0.2) is 14.4 Å². The summed E-state index contributed by atoms with van der Waals surface area (Å²) in [6, 6.07) is 13.3. The van der Waals surface area contributed by atoms with E-state index in [-0.39, 0.29) is 19.4 Å². The molecular formula is C37H47N5O8. The fourth-order valence-electron chi connectivity index (χ4n) is 6.81. The van der Waals surface area contributed by atoms with Crippen LogP contribution in [0.1, 0.15) is 56.3 Å². The zero-order chi connectivity index (χ0) is 36.4. The summed E-state index contributed by atoms with van der Waals surface area (Å²) in [5.74, 6) is -2.94. The van der Waals surface area contributed by atoms with E-state index in [1.54, 1.807) is 27.8 Å². The lowest BCUT2D eigenvalue weighted by molar-refractivity contribution is -0.144. The highest BCUT2D eigenvalue weighted by molar-refractivity contribution is 5.95. The van der Waals surface area contributed by atoms with Crippen molar-refractivity contribution in [3.8, 4) is 0 Å². The standard InChI is InChI=1S/C37H47N5O8/c1-6-24-20-37(24,33(46)47)40-31(44)27-19-25(50-35(49)41(5)17-16-22-12-8-7-9-13-22)21-42(27)34(48)39-30(36(2,3)4)32(45)38-29-26-15-11-10-14-23(26)18-28(29)43/h6-15,24-25,27-30,43H,1,16-21H2,2-5H3,(H,38,45)(H,39,48)(H,40,44)(H,46,47)/t24-,25-,27+,28-,29+,30?,37-/m1/s1. The second kappa shape index (κ2) is 14.5. The van der Waals surface area contributed by atoms with Gasteiger partial charge in [-0.3, -0.25) is 9.59 Å². The number of amides is 5. The fraction of sp³-hybridized carbons (Fsp3) is 0.486. The van der Waals surface area contributed by atoms with E-state index in [9.17, 15) is 34.2 Å². The van der Waals surface area contributed by atoms with Crippen LogP contribution in [0, 0.1) is 11.3 Å². The molecule has 50 heavy (non-hydrogen) atoms. The minimum absolute atomic E-state index is 0.0800. The van der Waals surface area contributed by atoms with Crippen LogP contribution in [0.2, 0.25) is 0 Å². The maximum absolute atomic E-state index is 14.0. The number of carbonyl (C=O) groups is 5. The van der Waals surface area contributed by atoms with Gasteiger partial charge in [-0.1, -0.05) is 81.4 Å². The Bertz CT molecular complexity index is 1630. The number of carbonyl (C=O) groups excluding carboxylic acids is 4. The van der Waals surface area contributed by atoms with Gasteiger partial charge in [0.1, 0.15) is 23.7 Å². The Balaban J connectivity index is 1.31. The molecule has 0 radical (unpaired) electrons. The molecule has 2 aliphatic carbocycles. The third-order valence-corrected chi connectivity index (χ3v) is 9.91. The van der Waals surface area contributed by atoms with E-state index in [0.29, 0.717) is 19.4 Å². The first kappa shape index (κ1) is 36.4. The first-order valence-corrected chi connectivity index (χ1v) is 16.9. The van der Waals surface area contributed by atoms with E-state index in [1.165, 1.54) is 15.9 Å². The summed E-state index contributed by atoms with van der Waals surface area (Å²) in [6.07, 6.45) is 0.158. The summed E-state index contributed by atoms with van der Waals surface area (Å²) in [4.78, 5) is 69.3. The van der Waals surface area contributed by atoms with Gasteiger partial charge in [0.05, 0.1) is 18.7 Å². The van der Waals surface area contributed by atoms with Gasteiger partial charge in [-0.05, 0) is 34.9 Å². The van der Waals surface area contributed by atoms with Crippen molar-refractivity contribution < 1.29 is 38.9 Å². The molecule has 268 valence electrons. The molecule has 7 atom stereocenters. The van der Waals surface area contributed by atoms with Crippen LogP contribution in [0.4, 0.5) is 9.59 Å². The molecule has 5 rings (SSSR count). The molecule has 2 aromatic carbocycles. The Morgan fingerprint density at radius 1 is 1.10 bits per heavy atom. The number of aliphatic hydroxyl groups is 1. The number of likely N-dealkylation sites (N-methyl/N-ethyl adjacent to an activating group) is 1. The van der Waals surface area contributed by atoms with Gasteiger partial charge in [-0.15, -0.1) is 6.58 Å². The van der Waals surface area contributed by atoms with Crippen molar-refractivity contribution in [2.75, 3.05) is 20.1 Å².